The van der Waals surface area contributed by atoms with Crippen LogP contribution in [0.5, 0.6) is 0 Å². The molecule has 1 saturated carbocycles. The molecular weight excluding hydrogens is 429 g/mol. The monoisotopic (exact) mass is 466 g/mol. The molecule has 3 heteroatoms. The molecule has 2 aromatic rings. The fourth-order valence-corrected chi connectivity index (χ4v) is 5.67. The fourth-order valence-electron chi connectivity index (χ4n) is 5.67. The molecule has 4 rings (SSSR count). The molecule has 182 valence electrons. The van der Waals surface area contributed by atoms with Gasteiger partial charge < -0.3 is 0 Å². The van der Waals surface area contributed by atoms with Gasteiger partial charge in [0.2, 0.25) is 0 Å². The van der Waals surface area contributed by atoms with Crippen LogP contribution in [0.4, 0.5) is 13.2 Å². The third-order valence-electron chi connectivity index (χ3n) is 7.91. The summed E-state index contributed by atoms with van der Waals surface area (Å²) in [6.45, 7) is 4.16. The molecule has 0 aromatic heterocycles. The Labute approximate surface area is 203 Å². The van der Waals surface area contributed by atoms with Crippen LogP contribution in [0.2, 0.25) is 0 Å². The van der Waals surface area contributed by atoms with E-state index in [1.807, 2.05) is 31.2 Å². The number of halogens is 3. The first-order valence-electron chi connectivity index (χ1n) is 13.1. The highest BCUT2D eigenvalue weighted by Gasteiger charge is 2.27. The van der Waals surface area contributed by atoms with Gasteiger partial charge in [0.25, 0.3) is 0 Å². The molecule has 34 heavy (non-hydrogen) atoms. The van der Waals surface area contributed by atoms with Gasteiger partial charge in [0.15, 0.2) is 11.6 Å². The van der Waals surface area contributed by atoms with Crippen molar-refractivity contribution in [2.45, 2.75) is 84.0 Å². The van der Waals surface area contributed by atoms with Gasteiger partial charge in [-0.1, -0.05) is 62.7 Å². The molecule has 0 unspecified atom stereocenters. The van der Waals surface area contributed by atoms with Crippen molar-refractivity contribution in [3.8, 4) is 11.1 Å². The Morgan fingerprint density at radius 1 is 0.824 bits per heavy atom. The molecular formula is C31H37F3. The first kappa shape index (κ1) is 24.8. The average molecular weight is 467 g/mol. The van der Waals surface area contributed by atoms with Gasteiger partial charge in [-0.2, -0.15) is 0 Å². The highest BCUT2D eigenvalue weighted by Crippen LogP contribution is 2.41. The van der Waals surface area contributed by atoms with Gasteiger partial charge in [0, 0.05) is 11.5 Å². The SMILES string of the molecule is CCCc1ccc(-c2ccc(C3CCC(CCC4=CC[C@H](CC)C(F)=C4)CC3)c(F)c2F)cc1. The second-order valence-electron chi connectivity index (χ2n) is 10.2. The predicted octanol–water partition coefficient (Wildman–Crippen LogP) is 9.85. The van der Waals surface area contributed by atoms with Gasteiger partial charge in [-0.3, -0.25) is 0 Å². The van der Waals surface area contributed by atoms with E-state index in [0.29, 0.717) is 17.0 Å². The number of allylic oxidation sites excluding steroid dienone is 4. The first-order valence-corrected chi connectivity index (χ1v) is 13.1. The number of rotatable bonds is 8. The Morgan fingerprint density at radius 3 is 2.21 bits per heavy atom. The second kappa shape index (κ2) is 11.4. The van der Waals surface area contributed by atoms with Crippen molar-refractivity contribution in [1.82, 2.24) is 0 Å². The minimum atomic E-state index is -0.730. The highest BCUT2D eigenvalue weighted by molar-refractivity contribution is 5.65. The largest absolute Gasteiger partial charge is 0.212 e. The normalized spacial score (nSPS) is 22.9. The molecule has 0 aliphatic heterocycles. The minimum absolute atomic E-state index is 0.0292. The van der Waals surface area contributed by atoms with E-state index in [0.717, 1.165) is 75.3 Å². The maximum Gasteiger partial charge on any atom is 0.166 e. The summed E-state index contributed by atoms with van der Waals surface area (Å²) in [4.78, 5) is 0. The third-order valence-corrected chi connectivity index (χ3v) is 7.91. The molecule has 0 heterocycles. The molecule has 0 bridgehead atoms. The summed E-state index contributed by atoms with van der Waals surface area (Å²) in [5.41, 5.74) is 3.92. The molecule has 0 radical (unpaired) electrons. The lowest BCUT2D eigenvalue weighted by Crippen LogP contribution is -2.15. The molecule has 1 fully saturated rings. The molecule has 0 spiro atoms. The lowest BCUT2D eigenvalue weighted by atomic mass is 9.76. The Bertz CT molecular complexity index is 1020. The Balaban J connectivity index is 1.34. The second-order valence-corrected chi connectivity index (χ2v) is 10.2. The summed E-state index contributed by atoms with van der Waals surface area (Å²) in [5, 5.41) is 0. The minimum Gasteiger partial charge on any atom is -0.212 e. The lowest BCUT2D eigenvalue weighted by molar-refractivity contribution is 0.305. The van der Waals surface area contributed by atoms with Crippen LogP contribution in [0.1, 0.15) is 88.7 Å². The van der Waals surface area contributed by atoms with Crippen LogP contribution >= 0.6 is 0 Å². The fraction of sp³-hybridized carbons (Fsp3) is 0.484. The molecule has 0 N–H and O–H groups in total. The quantitative estimate of drug-likeness (QED) is 0.363. The van der Waals surface area contributed by atoms with Gasteiger partial charge in [0.05, 0.1) is 0 Å². The van der Waals surface area contributed by atoms with Gasteiger partial charge in [-0.15, -0.1) is 0 Å². The summed E-state index contributed by atoms with van der Waals surface area (Å²) < 4.78 is 44.2. The van der Waals surface area contributed by atoms with E-state index in [-0.39, 0.29) is 17.7 Å². The van der Waals surface area contributed by atoms with Crippen molar-refractivity contribution < 1.29 is 13.2 Å². The molecule has 1 atom stereocenters. The van der Waals surface area contributed by atoms with E-state index in [1.54, 1.807) is 18.2 Å². The summed E-state index contributed by atoms with van der Waals surface area (Å²) >= 11 is 0. The summed E-state index contributed by atoms with van der Waals surface area (Å²) in [6, 6.07) is 11.3. The number of benzene rings is 2. The van der Waals surface area contributed by atoms with E-state index < -0.39 is 11.6 Å². The van der Waals surface area contributed by atoms with Gasteiger partial charge in [-0.25, -0.2) is 13.2 Å². The average Bonchev–Trinajstić information content (AvgIpc) is 2.86. The Morgan fingerprint density at radius 2 is 1.56 bits per heavy atom. The molecule has 2 aliphatic rings. The van der Waals surface area contributed by atoms with Crippen LogP contribution < -0.4 is 0 Å². The van der Waals surface area contributed by atoms with E-state index in [1.165, 1.54) is 5.56 Å². The maximum absolute atomic E-state index is 15.1. The number of hydrogen-bond acceptors (Lipinski definition) is 0. The number of hydrogen-bond donors (Lipinski definition) is 0. The molecule has 0 amide bonds. The molecule has 0 nitrogen and oxygen atoms in total. The third kappa shape index (κ3) is 5.67. The number of aryl methyl sites for hydroxylation is 1. The maximum atomic E-state index is 15.1. The van der Waals surface area contributed by atoms with Gasteiger partial charge in [-0.05, 0) is 98.0 Å². The van der Waals surface area contributed by atoms with Crippen molar-refractivity contribution in [3.05, 3.63) is 82.7 Å². The topological polar surface area (TPSA) is 0 Å². The van der Waals surface area contributed by atoms with Crippen molar-refractivity contribution in [2.75, 3.05) is 0 Å². The Hall–Kier alpha value is -2.29. The van der Waals surface area contributed by atoms with Crippen molar-refractivity contribution >= 4 is 0 Å². The van der Waals surface area contributed by atoms with E-state index >= 15 is 8.78 Å². The van der Waals surface area contributed by atoms with Crippen molar-refractivity contribution in [1.29, 1.82) is 0 Å². The van der Waals surface area contributed by atoms with E-state index in [2.05, 4.69) is 13.0 Å². The predicted molar refractivity (Wildman–Crippen MR) is 135 cm³/mol. The van der Waals surface area contributed by atoms with E-state index in [4.69, 9.17) is 0 Å². The smallest absolute Gasteiger partial charge is 0.166 e. The molecule has 2 aromatic carbocycles. The van der Waals surface area contributed by atoms with Crippen LogP contribution in [0, 0.1) is 23.5 Å². The zero-order valence-corrected chi connectivity index (χ0v) is 20.6. The van der Waals surface area contributed by atoms with Crippen LogP contribution in [0.3, 0.4) is 0 Å². The Kier molecular flexibility index (Phi) is 8.34. The molecule has 0 saturated heterocycles. The van der Waals surface area contributed by atoms with Crippen LogP contribution in [-0.4, -0.2) is 0 Å². The van der Waals surface area contributed by atoms with Crippen molar-refractivity contribution in [3.63, 3.8) is 0 Å². The van der Waals surface area contributed by atoms with Crippen LogP contribution in [0.25, 0.3) is 11.1 Å². The van der Waals surface area contributed by atoms with Gasteiger partial charge in [0.1, 0.15) is 5.83 Å². The standard InChI is InChI=1S/C31H37F3/c1-3-5-21-8-14-25(15-9-21)27-18-19-28(31(34)30(27)33)26-16-10-22(11-17-26)6-7-23-12-13-24(4-2)29(32)20-23/h8-9,12,14-15,18-20,22,24,26H,3-7,10-11,13,16-17H2,1-2H3/t22?,24-,26?/m0/s1. The highest BCUT2D eigenvalue weighted by atomic mass is 19.2. The van der Waals surface area contributed by atoms with E-state index in [9.17, 15) is 4.39 Å². The summed E-state index contributed by atoms with van der Waals surface area (Å²) in [6.07, 6.45) is 13.4. The summed E-state index contributed by atoms with van der Waals surface area (Å²) in [7, 11) is 0. The lowest BCUT2D eigenvalue weighted by Gasteiger charge is -2.29. The van der Waals surface area contributed by atoms with Gasteiger partial charge >= 0.3 is 0 Å². The zero-order chi connectivity index (χ0) is 24.1. The van der Waals surface area contributed by atoms with Crippen molar-refractivity contribution in [2.24, 2.45) is 11.8 Å². The first-order chi connectivity index (χ1) is 16.5. The zero-order valence-electron chi connectivity index (χ0n) is 20.6. The van der Waals surface area contributed by atoms with Crippen LogP contribution in [-0.2, 0) is 6.42 Å². The van der Waals surface area contributed by atoms with Crippen LogP contribution in [0.15, 0.2) is 60.0 Å². The molecule has 2 aliphatic carbocycles. The summed E-state index contributed by atoms with van der Waals surface area (Å²) in [5.74, 6) is -0.680.